The van der Waals surface area contributed by atoms with Crippen molar-refractivity contribution < 1.29 is 13.0 Å². The minimum Gasteiger partial charge on any atom is -0.617 e. The molecule has 2 atom stereocenters. The van der Waals surface area contributed by atoms with Gasteiger partial charge < -0.3 is 4.55 Å². The van der Waals surface area contributed by atoms with Crippen LogP contribution < -0.4 is 0 Å². The van der Waals surface area contributed by atoms with Gasteiger partial charge in [0.05, 0.1) is 12.0 Å². The smallest absolute Gasteiger partial charge is 0.157 e. The van der Waals surface area contributed by atoms with Crippen molar-refractivity contribution in [2.45, 2.75) is 18.1 Å². The molecular weight excluding hydrogens is 184 g/mol. The lowest BCUT2D eigenvalue weighted by Gasteiger charge is -2.09. The summed E-state index contributed by atoms with van der Waals surface area (Å²) in [5.74, 6) is 0.608. The Labute approximate surface area is 70.3 Å². The molecule has 2 unspecified atom stereocenters. The average Bonchev–Trinajstić information content (AvgIpc) is 2.10. The van der Waals surface area contributed by atoms with E-state index in [1.165, 1.54) is 0 Å². The molecule has 0 aliphatic carbocycles. The maximum atomic E-state index is 11.2. The molecule has 0 N–H and O–H groups in total. The fourth-order valence-electron chi connectivity index (χ4n) is 1.31. The Morgan fingerprint density at radius 1 is 1.64 bits per heavy atom. The molecule has 0 saturated carbocycles. The van der Waals surface area contributed by atoms with Crippen molar-refractivity contribution in [3.05, 3.63) is 0 Å². The summed E-state index contributed by atoms with van der Waals surface area (Å²) in [6.07, 6.45) is 2.99. The first kappa shape index (κ1) is 9.35. The van der Waals surface area contributed by atoms with Gasteiger partial charge in [-0.3, -0.25) is 0 Å². The first-order valence-electron chi connectivity index (χ1n) is 3.54. The zero-order valence-electron chi connectivity index (χ0n) is 6.45. The first-order chi connectivity index (χ1) is 5.02. The standard InChI is InChI=1S/C6H12O3S2/c1-10(7)5-6-3-2-4-11(6,8)9/h6H,2-5H2,1H3. The predicted molar refractivity (Wildman–Crippen MR) is 45.7 cm³/mol. The van der Waals surface area contributed by atoms with Crippen LogP contribution in [0.2, 0.25) is 0 Å². The van der Waals surface area contributed by atoms with Gasteiger partial charge >= 0.3 is 0 Å². The van der Waals surface area contributed by atoms with E-state index in [0.29, 0.717) is 12.2 Å². The summed E-state index contributed by atoms with van der Waals surface area (Å²) in [5.41, 5.74) is 0. The normalized spacial score (nSPS) is 32.0. The number of rotatable bonds is 2. The van der Waals surface area contributed by atoms with E-state index in [1.807, 2.05) is 0 Å². The summed E-state index contributed by atoms with van der Waals surface area (Å²) < 4.78 is 33.1. The van der Waals surface area contributed by atoms with Crippen LogP contribution >= 0.6 is 0 Å². The Morgan fingerprint density at radius 2 is 2.27 bits per heavy atom. The Kier molecular flexibility index (Phi) is 2.83. The molecular formula is C6H12O3S2. The minimum atomic E-state index is -2.88. The largest absolute Gasteiger partial charge is 0.617 e. The van der Waals surface area contributed by atoms with Crippen molar-refractivity contribution in [1.29, 1.82) is 0 Å². The molecule has 1 fully saturated rings. The summed E-state index contributed by atoms with van der Waals surface area (Å²) in [6.45, 7) is 0. The second-order valence-corrected chi connectivity index (χ2v) is 6.75. The third kappa shape index (κ3) is 2.35. The summed E-state index contributed by atoms with van der Waals surface area (Å²) in [5, 5.41) is -0.326. The molecule has 1 aliphatic heterocycles. The van der Waals surface area contributed by atoms with Crippen LogP contribution in [0, 0.1) is 0 Å². The molecule has 5 heteroatoms. The second kappa shape index (κ2) is 3.33. The van der Waals surface area contributed by atoms with Crippen molar-refractivity contribution in [2.75, 3.05) is 17.8 Å². The lowest BCUT2D eigenvalue weighted by molar-refractivity contribution is 0.583. The zero-order chi connectivity index (χ0) is 8.48. The molecule has 0 aromatic rings. The van der Waals surface area contributed by atoms with Gasteiger partial charge in [-0.2, -0.15) is 0 Å². The molecule has 0 radical (unpaired) electrons. The highest BCUT2D eigenvalue weighted by Crippen LogP contribution is 2.20. The molecule has 0 aromatic heterocycles. The number of hydrogen-bond acceptors (Lipinski definition) is 3. The van der Waals surface area contributed by atoms with Gasteiger partial charge in [-0.15, -0.1) is 0 Å². The van der Waals surface area contributed by atoms with Crippen molar-refractivity contribution in [3.8, 4) is 0 Å². The van der Waals surface area contributed by atoms with Crippen LogP contribution in [0.3, 0.4) is 0 Å². The van der Waals surface area contributed by atoms with E-state index in [-0.39, 0.29) is 11.0 Å². The zero-order valence-corrected chi connectivity index (χ0v) is 8.08. The number of hydrogen-bond donors (Lipinski definition) is 0. The van der Waals surface area contributed by atoms with Crippen molar-refractivity contribution in [1.82, 2.24) is 0 Å². The molecule has 1 aliphatic rings. The predicted octanol–water partition coefficient (Wildman–Crippen LogP) is -0.0579. The summed E-state index contributed by atoms with van der Waals surface area (Å²) in [7, 11) is -2.88. The monoisotopic (exact) mass is 196 g/mol. The van der Waals surface area contributed by atoms with Gasteiger partial charge in [0.25, 0.3) is 0 Å². The maximum Gasteiger partial charge on any atom is 0.157 e. The maximum absolute atomic E-state index is 11.2. The summed E-state index contributed by atoms with van der Waals surface area (Å²) in [4.78, 5) is 0. The fourth-order valence-corrected chi connectivity index (χ4v) is 4.83. The van der Waals surface area contributed by atoms with Crippen LogP contribution in [0.15, 0.2) is 0 Å². The van der Waals surface area contributed by atoms with Gasteiger partial charge in [0.15, 0.2) is 9.84 Å². The number of sulfone groups is 1. The van der Waals surface area contributed by atoms with Crippen LogP contribution in [-0.4, -0.2) is 36.0 Å². The highest BCUT2D eigenvalue weighted by Gasteiger charge is 2.33. The fraction of sp³-hybridized carbons (Fsp3) is 1.00. The summed E-state index contributed by atoms with van der Waals surface area (Å²) in [6, 6.07) is 0. The van der Waals surface area contributed by atoms with E-state index < -0.39 is 21.0 Å². The van der Waals surface area contributed by atoms with E-state index >= 15 is 0 Å². The molecule has 11 heavy (non-hydrogen) atoms. The van der Waals surface area contributed by atoms with Gasteiger partial charge in [0.2, 0.25) is 0 Å². The van der Waals surface area contributed by atoms with Crippen LogP contribution in [0.5, 0.6) is 0 Å². The SMILES string of the molecule is C[S+]([O-])CC1CCCS1(=O)=O. The van der Waals surface area contributed by atoms with E-state index in [2.05, 4.69) is 0 Å². The highest BCUT2D eigenvalue weighted by atomic mass is 32.2. The molecule has 0 spiro atoms. The van der Waals surface area contributed by atoms with Crippen LogP contribution in [0.1, 0.15) is 12.8 Å². The minimum absolute atomic E-state index is 0.287. The van der Waals surface area contributed by atoms with Crippen LogP contribution in [0.25, 0.3) is 0 Å². The van der Waals surface area contributed by atoms with Crippen molar-refractivity contribution >= 4 is 21.0 Å². The molecule has 3 nitrogen and oxygen atoms in total. The molecule has 1 heterocycles. The highest BCUT2D eigenvalue weighted by molar-refractivity contribution is 7.95. The van der Waals surface area contributed by atoms with Gasteiger partial charge in [-0.1, -0.05) is 11.2 Å². The Bertz CT molecular complexity index is 220. The van der Waals surface area contributed by atoms with Crippen molar-refractivity contribution in [3.63, 3.8) is 0 Å². The lowest BCUT2D eigenvalue weighted by atomic mass is 10.3. The molecule has 0 aromatic carbocycles. The quantitative estimate of drug-likeness (QED) is 0.581. The molecule has 1 saturated heterocycles. The van der Waals surface area contributed by atoms with Crippen molar-refractivity contribution in [2.24, 2.45) is 0 Å². The molecule has 1 rings (SSSR count). The summed E-state index contributed by atoms with van der Waals surface area (Å²) >= 11 is -0.981. The third-order valence-corrected chi connectivity index (χ3v) is 5.24. The van der Waals surface area contributed by atoms with E-state index in [0.717, 1.165) is 6.42 Å². The van der Waals surface area contributed by atoms with Gasteiger partial charge in [-0.25, -0.2) is 8.42 Å². The van der Waals surface area contributed by atoms with Gasteiger partial charge in [0.1, 0.15) is 11.0 Å². The van der Waals surface area contributed by atoms with Gasteiger partial charge in [0, 0.05) is 0 Å². The lowest BCUT2D eigenvalue weighted by Crippen LogP contribution is -2.25. The van der Waals surface area contributed by atoms with Crippen LogP contribution in [0.4, 0.5) is 0 Å². The third-order valence-electron chi connectivity index (χ3n) is 1.88. The van der Waals surface area contributed by atoms with Gasteiger partial charge in [-0.05, 0) is 12.8 Å². The Balaban J connectivity index is 2.59. The molecule has 0 amide bonds. The topological polar surface area (TPSA) is 57.2 Å². The van der Waals surface area contributed by atoms with E-state index in [9.17, 15) is 13.0 Å². The Hall–Kier alpha value is 0.260. The molecule has 66 valence electrons. The van der Waals surface area contributed by atoms with Crippen LogP contribution in [-0.2, 0) is 21.0 Å². The average molecular weight is 196 g/mol. The molecule has 0 bridgehead atoms. The first-order valence-corrected chi connectivity index (χ1v) is 6.98. The van der Waals surface area contributed by atoms with E-state index in [1.54, 1.807) is 6.26 Å². The second-order valence-electron chi connectivity index (χ2n) is 2.87. The van der Waals surface area contributed by atoms with E-state index in [4.69, 9.17) is 0 Å². The Morgan fingerprint density at radius 3 is 2.64 bits per heavy atom.